The number of rotatable bonds is 6. The lowest BCUT2D eigenvalue weighted by molar-refractivity contribution is -0.138. The SMILES string of the molecule is COCCOC1C[C@H]2COc3ccnc(n3)C(=CN)c3cc(cc(OC(C)C)c3)NCCN2C1=O. The number of hydrogen-bond donors (Lipinski definition) is 2. The number of fused-ring (bicyclic) bond motifs is 5. The van der Waals surface area contributed by atoms with E-state index in [9.17, 15) is 4.79 Å². The van der Waals surface area contributed by atoms with Gasteiger partial charge in [0.2, 0.25) is 5.88 Å². The van der Waals surface area contributed by atoms with E-state index in [2.05, 4.69) is 15.3 Å². The Morgan fingerprint density at radius 1 is 1.31 bits per heavy atom. The highest BCUT2D eigenvalue weighted by Gasteiger charge is 2.40. The van der Waals surface area contributed by atoms with Crippen molar-refractivity contribution in [3.63, 3.8) is 0 Å². The van der Waals surface area contributed by atoms with Crippen molar-refractivity contribution in [1.82, 2.24) is 14.9 Å². The highest BCUT2D eigenvalue weighted by atomic mass is 16.5. The predicted octanol–water partition coefficient (Wildman–Crippen LogP) is 2.05. The topological polar surface area (TPSA) is 121 Å². The Hall–Kier alpha value is -3.37. The molecule has 4 bridgehead atoms. The quantitative estimate of drug-likeness (QED) is 0.595. The minimum absolute atomic E-state index is 0.00000122. The van der Waals surface area contributed by atoms with E-state index >= 15 is 0 Å². The number of hydrogen-bond acceptors (Lipinski definition) is 9. The molecule has 0 spiro atoms. The minimum atomic E-state index is -0.517. The van der Waals surface area contributed by atoms with Crippen LogP contribution in [0.2, 0.25) is 0 Å². The molecule has 2 aliphatic heterocycles. The molecule has 188 valence electrons. The first-order valence-electron chi connectivity index (χ1n) is 11.8. The van der Waals surface area contributed by atoms with E-state index < -0.39 is 6.10 Å². The molecule has 1 fully saturated rings. The van der Waals surface area contributed by atoms with Crippen LogP contribution in [0, 0.1) is 0 Å². The van der Waals surface area contributed by atoms with Gasteiger partial charge in [-0.15, -0.1) is 0 Å². The fourth-order valence-corrected chi connectivity index (χ4v) is 4.26. The van der Waals surface area contributed by atoms with Crippen LogP contribution in [0.1, 0.15) is 31.7 Å². The van der Waals surface area contributed by atoms with Crippen LogP contribution in [0.5, 0.6) is 11.6 Å². The molecule has 1 aromatic carbocycles. The maximum atomic E-state index is 13.1. The van der Waals surface area contributed by atoms with Gasteiger partial charge < -0.3 is 34.9 Å². The van der Waals surface area contributed by atoms with Crippen LogP contribution >= 0.6 is 0 Å². The lowest BCUT2D eigenvalue weighted by Crippen LogP contribution is -2.41. The van der Waals surface area contributed by atoms with Crippen molar-refractivity contribution in [3.05, 3.63) is 48.1 Å². The lowest BCUT2D eigenvalue weighted by Gasteiger charge is -2.25. The number of nitrogens with two attached hydrogens (primary N) is 1. The molecule has 0 aliphatic carbocycles. The van der Waals surface area contributed by atoms with Crippen molar-refractivity contribution < 1.29 is 23.7 Å². The summed E-state index contributed by atoms with van der Waals surface area (Å²) in [4.78, 5) is 23.9. The number of carbonyl (C=O) groups excluding carboxylic acids is 1. The Morgan fingerprint density at radius 3 is 2.94 bits per heavy atom. The van der Waals surface area contributed by atoms with Gasteiger partial charge in [-0.1, -0.05) is 0 Å². The van der Waals surface area contributed by atoms with Gasteiger partial charge in [-0.3, -0.25) is 4.79 Å². The van der Waals surface area contributed by atoms with Crippen LogP contribution in [-0.4, -0.2) is 79.0 Å². The van der Waals surface area contributed by atoms with Gasteiger partial charge in [0.05, 0.1) is 25.4 Å². The molecule has 1 aromatic heterocycles. The zero-order chi connectivity index (χ0) is 24.8. The predicted molar refractivity (Wildman–Crippen MR) is 131 cm³/mol. The first kappa shape index (κ1) is 24.7. The van der Waals surface area contributed by atoms with Gasteiger partial charge in [0.25, 0.3) is 5.91 Å². The molecule has 2 aliphatic rings. The summed E-state index contributed by atoms with van der Waals surface area (Å²) in [5.41, 5.74) is 8.33. The molecule has 0 saturated carbocycles. The van der Waals surface area contributed by atoms with Crippen LogP contribution in [0.25, 0.3) is 5.57 Å². The van der Waals surface area contributed by atoms with Gasteiger partial charge in [-0.05, 0) is 31.5 Å². The molecular formula is C25H33N5O5. The molecule has 10 nitrogen and oxygen atoms in total. The molecule has 4 rings (SSSR count). The molecule has 3 heterocycles. The Bertz CT molecular complexity index is 1060. The first-order valence-corrected chi connectivity index (χ1v) is 11.8. The maximum absolute atomic E-state index is 13.1. The molecule has 1 amide bonds. The zero-order valence-corrected chi connectivity index (χ0v) is 20.4. The van der Waals surface area contributed by atoms with Crippen molar-refractivity contribution in [3.8, 4) is 11.6 Å². The van der Waals surface area contributed by atoms with Crippen molar-refractivity contribution in [1.29, 1.82) is 0 Å². The normalized spacial score (nSPS) is 21.3. The molecule has 35 heavy (non-hydrogen) atoms. The van der Waals surface area contributed by atoms with Gasteiger partial charge in [0.1, 0.15) is 18.5 Å². The molecule has 1 saturated heterocycles. The van der Waals surface area contributed by atoms with E-state index in [1.165, 1.54) is 6.20 Å². The summed E-state index contributed by atoms with van der Waals surface area (Å²) in [6, 6.07) is 7.36. The van der Waals surface area contributed by atoms with Gasteiger partial charge in [0.15, 0.2) is 5.82 Å². The summed E-state index contributed by atoms with van der Waals surface area (Å²) in [7, 11) is 1.61. The van der Waals surface area contributed by atoms with Crippen molar-refractivity contribution in [2.24, 2.45) is 5.73 Å². The van der Waals surface area contributed by atoms with E-state index in [-0.39, 0.29) is 18.1 Å². The van der Waals surface area contributed by atoms with Crippen LogP contribution in [0.15, 0.2) is 36.7 Å². The average molecular weight is 484 g/mol. The van der Waals surface area contributed by atoms with Crippen LogP contribution in [0.4, 0.5) is 5.69 Å². The summed E-state index contributed by atoms with van der Waals surface area (Å²) in [5.74, 6) is 1.50. The number of benzene rings is 1. The maximum Gasteiger partial charge on any atom is 0.252 e. The standard InChI is InChI=1S/C25H33N5O5/c1-16(2)35-20-11-17-10-18(12-20)27-6-7-30-19(13-22(25(30)31)33-9-8-32-3)15-34-23-4-5-28-24(29-23)21(17)14-26/h4-5,10-12,14,16,19,22,27H,6-9,13,15,26H2,1-3H3/t19-,22?/m0/s1. The number of nitrogens with one attached hydrogen (secondary N) is 1. The van der Waals surface area contributed by atoms with E-state index in [1.54, 1.807) is 19.4 Å². The summed E-state index contributed by atoms with van der Waals surface area (Å²) in [5, 5.41) is 3.42. The second kappa shape index (κ2) is 11.4. The average Bonchev–Trinajstić information content (AvgIpc) is 3.12. The summed E-state index contributed by atoms with van der Waals surface area (Å²) in [6.45, 7) is 6.08. The highest BCUT2D eigenvalue weighted by Crippen LogP contribution is 2.30. The number of carbonyl (C=O) groups is 1. The molecule has 2 atom stereocenters. The molecule has 3 N–H and O–H groups in total. The Morgan fingerprint density at radius 2 is 2.17 bits per heavy atom. The number of ether oxygens (including phenoxy) is 4. The van der Waals surface area contributed by atoms with E-state index in [1.807, 2.05) is 36.9 Å². The van der Waals surface area contributed by atoms with Crippen molar-refractivity contribution in [2.75, 3.05) is 45.3 Å². The zero-order valence-electron chi connectivity index (χ0n) is 20.4. The fraction of sp³-hybridized carbons (Fsp3) is 0.480. The van der Waals surface area contributed by atoms with Crippen LogP contribution < -0.4 is 20.5 Å². The van der Waals surface area contributed by atoms with Crippen molar-refractivity contribution >= 4 is 17.2 Å². The Balaban J connectivity index is 1.66. The molecule has 2 aromatic rings. The third-order valence-corrected chi connectivity index (χ3v) is 5.82. The van der Waals surface area contributed by atoms with Crippen LogP contribution in [-0.2, 0) is 14.3 Å². The minimum Gasteiger partial charge on any atom is -0.491 e. The molecular weight excluding hydrogens is 450 g/mol. The number of anilines is 1. The van der Waals surface area contributed by atoms with Gasteiger partial charge in [-0.2, -0.15) is 4.98 Å². The van der Waals surface area contributed by atoms with E-state index in [0.29, 0.717) is 62.4 Å². The smallest absolute Gasteiger partial charge is 0.252 e. The van der Waals surface area contributed by atoms with Crippen molar-refractivity contribution in [2.45, 2.75) is 38.5 Å². The highest BCUT2D eigenvalue weighted by molar-refractivity contribution is 5.84. The number of aromatic nitrogens is 2. The second-order valence-corrected chi connectivity index (χ2v) is 8.72. The largest absolute Gasteiger partial charge is 0.491 e. The summed E-state index contributed by atoms with van der Waals surface area (Å²) >= 11 is 0. The monoisotopic (exact) mass is 483 g/mol. The first-order chi connectivity index (χ1) is 17.0. The number of methoxy groups -OCH3 is 1. The van der Waals surface area contributed by atoms with Crippen LogP contribution in [0.3, 0.4) is 0 Å². The molecule has 1 unspecified atom stereocenters. The van der Waals surface area contributed by atoms with E-state index in [0.717, 1.165) is 11.3 Å². The van der Waals surface area contributed by atoms with Gasteiger partial charge in [-0.25, -0.2) is 4.98 Å². The third-order valence-electron chi connectivity index (χ3n) is 5.82. The second-order valence-electron chi connectivity index (χ2n) is 8.72. The summed E-state index contributed by atoms with van der Waals surface area (Å²) < 4.78 is 22.8. The molecule has 0 radical (unpaired) electrons. The third kappa shape index (κ3) is 6.01. The Kier molecular flexibility index (Phi) is 8.04. The fourth-order valence-electron chi connectivity index (χ4n) is 4.26. The molecule has 10 heteroatoms. The van der Waals surface area contributed by atoms with Gasteiger partial charge in [0, 0.05) is 62.4 Å². The summed E-state index contributed by atoms with van der Waals surface area (Å²) in [6.07, 6.45) is 3.14. The number of amides is 1. The van der Waals surface area contributed by atoms with E-state index in [4.69, 9.17) is 24.7 Å². The Labute approximate surface area is 205 Å². The lowest BCUT2D eigenvalue weighted by atomic mass is 10.0. The van der Waals surface area contributed by atoms with Gasteiger partial charge >= 0.3 is 0 Å². The number of nitrogens with zero attached hydrogens (tertiary/aromatic N) is 3.